The van der Waals surface area contributed by atoms with Crippen LogP contribution in [0, 0.1) is 13.8 Å². The van der Waals surface area contributed by atoms with E-state index in [1.165, 1.54) is 4.31 Å². The lowest BCUT2D eigenvalue weighted by Crippen LogP contribution is -2.50. The van der Waals surface area contributed by atoms with Gasteiger partial charge in [-0.25, -0.2) is 8.42 Å². The zero-order valence-corrected chi connectivity index (χ0v) is 19.2. The van der Waals surface area contributed by atoms with Crippen molar-refractivity contribution < 1.29 is 18.3 Å². The Morgan fingerprint density at radius 3 is 2.45 bits per heavy atom. The molecule has 0 saturated carbocycles. The number of ether oxygens (including phenoxy) is 1. The number of rotatable bonds is 7. The van der Waals surface area contributed by atoms with Crippen molar-refractivity contribution >= 4 is 32.8 Å². The van der Waals surface area contributed by atoms with Crippen molar-refractivity contribution in [1.82, 2.24) is 18.0 Å². The molecular weight excluding hydrogens is 436 g/mol. The molecule has 10 heteroatoms. The van der Waals surface area contributed by atoms with Crippen LogP contribution in [0.2, 0.25) is 0 Å². The van der Waals surface area contributed by atoms with Gasteiger partial charge in [0.1, 0.15) is 34.4 Å². The largest absolute Gasteiger partial charge is 0.490 e. The minimum Gasteiger partial charge on any atom is -0.490 e. The first kappa shape index (κ1) is 22.1. The van der Waals surface area contributed by atoms with E-state index in [2.05, 4.69) is 13.6 Å². The molecule has 1 atom stereocenters. The lowest BCUT2D eigenvalue weighted by Gasteiger charge is -2.34. The highest BCUT2D eigenvalue weighted by molar-refractivity contribution is 7.89. The lowest BCUT2D eigenvalue weighted by atomic mass is 10.1. The fourth-order valence-corrected chi connectivity index (χ4v) is 6.01. The van der Waals surface area contributed by atoms with Crippen molar-refractivity contribution in [2.45, 2.75) is 24.8 Å². The normalized spacial score (nSPS) is 17.1. The van der Waals surface area contributed by atoms with E-state index in [1.54, 1.807) is 18.2 Å². The molecule has 1 aliphatic heterocycles. The number of nitrogens with zero attached hydrogens (tertiary/aromatic N) is 4. The molecular formula is C21H26N4O4S2. The number of aliphatic hydroxyl groups excluding tert-OH is 1. The molecule has 8 nitrogen and oxygen atoms in total. The summed E-state index contributed by atoms with van der Waals surface area (Å²) in [5.41, 5.74) is 3.10. The number of aryl methyl sites for hydroxylation is 2. The van der Waals surface area contributed by atoms with E-state index in [4.69, 9.17) is 4.74 Å². The first-order valence-corrected chi connectivity index (χ1v) is 12.3. The first-order chi connectivity index (χ1) is 14.9. The van der Waals surface area contributed by atoms with Crippen LogP contribution in [0.25, 0.3) is 11.0 Å². The van der Waals surface area contributed by atoms with Gasteiger partial charge in [-0.15, -0.1) is 0 Å². The van der Waals surface area contributed by atoms with Crippen LogP contribution in [0.1, 0.15) is 11.1 Å². The van der Waals surface area contributed by atoms with Crippen LogP contribution in [0.15, 0.2) is 41.3 Å². The summed E-state index contributed by atoms with van der Waals surface area (Å²) in [5, 5.41) is 10.4. The molecule has 2 heterocycles. The second-order valence-electron chi connectivity index (χ2n) is 7.78. The Labute approximate surface area is 186 Å². The summed E-state index contributed by atoms with van der Waals surface area (Å²) < 4.78 is 41.9. The molecule has 3 aromatic rings. The maximum atomic E-state index is 13.1. The van der Waals surface area contributed by atoms with Crippen LogP contribution in [-0.2, 0) is 10.0 Å². The Morgan fingerprint density at radius 2 is 1.74 bits per heavy atom. The molecule has 1 unspecified atom stereocenters. The number of β-amino-alcohol motifs (C(OH)–C–C–N with tert-alkyl or cyclic N) is 1. The predicted octanol–water partition coefficient (Wildman–Crippen LogP) is 2.05. The molecule has 1 fully saturated rings. The number of sulfonamides is 1. The van der Waals surface area contributed by atoms with Gasteiger partial charge in [0.2, 0.25) is 10.0 Å². The molecule has 31 heavy (non-hydrogen) atoms. The Hall–Kier alpha value is -2.11. The van der Waals surface area contributed by atoms with E-state index in [0.29, 0.717) is 43.8 Å². The summed E-state index contributed by atoms with van der Waals surface area (Å²) in [6.07, 6.45) is -0.656. The topological polar surface area (TPSA) is 95.9 Å². The zero-order chi connectivity index (χ0) is 22.0. The number of para-hydroxylation sites is 1. The van der Waals surface area contributed by atoms with Crippen molar-refractivity contribution in [3.05, 3.63) is 47.5 Å². The molecule has 0 amide bonds. The van der Waals surface area contributed by atoms with E-state index >= 15 is 0 Å². The van der Waals surface area contributed by atoms with Gasteiger partial charge in [0.25, 0.3) is 0 Å². The molecule has 1 aromatic heterocycles. The molecule has 0 radical (unpaired) electrons. The number of aliphatic hydroxyl groups is 1. The van der Waals surface area contributed by atoms with E-state index in [0.717, 1.165) is 28.6 Å². The minimum atomic E-state index is -3.64. The Kier molecular flexibility index (Phi) is 6.54. The predicted molar refractivity (Wildman–Crippen MR) is 120 cm³/mol. The molecule has 4 rings (SSSR count). The van der Waals surface area contributed by atoms with Crippen LogP contribution in [-0.4, -0.2) is 76.9 Å². The van der Waals surface area contributed by atoms with Gasteiger partial charge in [0.15, 0.2) is 0 Å². The van der Waals surface area contributed by atoms with E-state index < -0.39 is 16.1 Å². The fourth-order valence-electron chi connectivity index (χ4n) is 3.84. The van der Waals surface area contributed by atoms with Crippen molar-refractivity contribution in [3.8, 4) is 5.75 Å². The first-order valence-electron chi connectivity index (χ1n) is 10.2. The van der Waals surface area contributed by atoms with Gasteiger partial charge < -0.3 is 9.84 Å². The van der Waals surface area contributed by atoms with Crippen molar-refractivity contribution in [3.63, 3.8) is 0 Å². The standard InChI is InChI=1S/C21H26N4O4S2/c1-15-5-3-6-16(2)21(15)29-14-17(26)13-24-9-11-25(12-10-24)31(27,28)19-8-4-7-18-20(19)23-30-22-18/h3-8,17,26H,9-14H2,1-2H3. The third-order valence-electron chi connectivity index (χ3n) is 5.50. The summed E-state index contributed by atoms with van der Waals surface area (Å²) in [7, 11) is -3.64. The lowest BCUT2D eigenvalue weighted by molar-refractivity contribution is 0.0565. The molecule has 1 N–H and O–H groups in total. The average Bonchev–Trinajstić information content (AvgIpc) is 3.22. The monoisotopic (exact) mass is 462 g/mol. The third-order valence-corrected chi connectivity index (χ3v) is 7.97. The summed E-state index contributed by atoms with van der Waals surface area (Å²) >= 11 is 1.01. The van der Waals surface area contributed by atoms with Crippen LogP contribution in [0.4, 0.5) is 0 Å². The second kappa shape index (κ2) is 9.17. The Morgan fingerprint density at radius 1 is 1.06 bits per heavy atom. The van der Waals surface area contributed by atoms with E-state index in [9.17, 15) is 13.5 Å². The van der Waals surface area contributed by atoms with Crippen LogP contribution < -0.4 is 4.74 Å². The number of piperazine rings is 1. The van der Waals surface area contributed by atoms with Crippen LogP contribution >= 0.6 is 11.7 Å². The summed E-state index contributed by atoms with van der Waals surface area (Å²) in [4.78, 5) is 2.27. The SMILES string of the molecule is Cc1cccc(C)c1OCC(O)CN1CCN(S(=O)(=O)c2cccc3nsnc23)CC1. The van der Waals surface area contributed by atoms with Gasteiger partial charge in [0, 0.05) is 32.7 Å². The van der Waals surface area contributed by atoms with Gasteiger partial charge in [-0.3, -0.25) is 4.90 Å². The number of aromatic nitrogens is 2. The fraction of sp³-hybridized carbons (Fsp3) is 0.429. The highest BCUT2D eigenvalue weighted by Gasteiger charge is 2.31. The average molecular weight is 463 g/mol. The maximum Gasteiger partial charge on any atom is 0.245 e. The Balaban J connectivity index is 1.33. The molecule has 0 bridgehead atoms. The summed E-state index contributed by atoms with van der Waals surface area (Å²) in [6.45, 7) is 6.41. The van der Waals surface area contributed by atoms with Crippen LogP contribution in [0.3, 0.4) is 0 Å². The van der Waals surface area contributed by atoms with Crippen molar-refractivity contribution in [1.29, 1.82) is 0 Å². The molecule has 1 aliphatic rings. The third kappa shape index (κ3) is 4.73. The van der Waals surface area contributed by atoms with Crippen molar-refractivity contribution in [2.75, 3.05) is 39.3 Å². The number of fused-ring (bicyclic) bond motifs is 1. The summed E-state index contributed by atoms with van der Waals surface area (Å²) in [5.74, 6) is 0.808. The highest BCUT2D eigenvalue weighted by Crippen LogP contribution is 2.25. The van der Waals surface area contributed by atoms with Crippen LogP contribution in [0.5, 0.6) is 5.75 Å². The summed E-state index contributed by atoms with van der Waals surface area (Å²) in [6, 6.07) is 11.0. The second-order valence-corrected chi connectivity index (χ2v) is 10.2. The smallest absolute Gasteiger partial charge is 0.245 e. The maximum absolute atomic E-state index is 13.1. The number of hydrogen-bond donors (Lipinski definition) is 1. The Bertz CT molecular complexity index is 1140. The molecule has 2 aromatic carbocycles. The molecule has 166 valence electrons. The van der Waals surface area contributed by atoms with E-state index in [1.807, 2.05) is 32.0 Å². The van der Waals surface area contributed by atoms with Gasteiger partial charge in [-0.05, 0) is 37.1 Å². The molecule has 0 spiro atoms. The van der Waals surface area contributed by atoms with Gasteiger partial charge in [-0.1, -0.05) is 24.3 Å². The zero-order valence-electron chi connectivity index (χ0n) is 17.6. The number of hydrogen-bond acceptors (Lipinski definition) is 8. The molecule has 0 aliphatic carbocycles. The van der Waals surface area contributed by atoms with Gasteiger partial charge in [-0.2, -0.15) is 13.1 Å². The quantitative estimate of drug-likeness (QED) is 0.574. The molecule has 1 saturated heterocycles. The minimum absolute atomic E-state index is 0.197. The van der Waals surface area contributed by atoms with Crippen molar-refractivity contribution in [2.24, 2.45) is 0 Å². The van der Waals surface area contributed by atoms with Gasteiger partial charge in [0.05, 0.1) is 11.7 Å². The van der Waals surface area contributed by atoms with E-state index in [-0.39, 0.29) is 11.5 Å². The number of benzene rings is 2. The van der Waals surface area contributed by atoms with Gasteiger partial charge >= 0.3 is 0 Å². The highest BCUT2D eigenvalue weighted by atomic mass is 32.2.